The summed E-state index contributed by atoms with van der Waals surface area (Å²) in [5.41, 5.74) is 0. The lowest BCUT2D eigenvalue weighted by Crippen LogP contribution is -2.42. The van der Waals surface area contributed by atoms with Crippen molar-refractivity contribution in [2.45, 2.75) is 50.3 Å². The van der Waals surface area contributed by atoms with Gasteiger partial charge in [-0.1, -0.05) is 19.3 Å². The molecule has 1 aliphatic carbocycles. The lowest BCUT2D eigenvalue weighted by atomic mass is 10.0. The number of hydrogen-bond acceptors (Lipinski definition) is 6. The van der Waals surface area contributed by atoms with Crippen molar-refractivity contribution in [3.63, 3.8) is 0 Å². The van der Waals surface area contributed by atoms with Crippen molar-refractivity contribution in [2.75, 3.05) is 13.7 Å². The average Bonchev–Trinajstić information content (AvgIpc) is 2.51. The van der Waals surface area contributed by atoms with Crippen LogP contribution in [0, 0.1) is 0 Å². The Hall–Kier alpha value is -1.41. The van der Waals surface area contributed by atoms with Crippen molar-refractivity contribution in [3.8, 4) is 0 Å². The summed E-state index contributed by atoms with van der Waals surface area (Å²) in [7, 11) is -2.20. The van der Waals surface area contributed by atoms with Crippen molar-refractivity contribution in [1.29, 1.82) is 0 Å². The highest BCUT2D eigenvalue weighted by atomic mass is 32.2. The Labute approximate surface area is 131 Å². The van der Waals surface area contributed by atoms with E-state index in [9.17, 15) is 18.0 Å². The van der Waals surface area contributed by atoms with Crippen LogP contribution in [0.3, 0.4) is 0 Å². The molecule has 0 saturated heterocycles. The minimum absolute atomic E-state index is 0.101. The third-order valence-corrected chi connectivity index (χ3v) is 5.47. The molecule has 8 heteroatoms. The predicted octanol–water partition coefficient (Wildman–Crippen LogP) is 0.899. The Bertz CT molecular complexity index is 507. The Kier molecular flexibility index (Phi) is 7.53. The van der Waals surface area contributed by atoms with Crippen LogP contribution in [0.1, 0.15) is 39.0 Å². The predicted molar refractivity (Wildman–Crippen MR) is 80.5 cm³/mol. The van der Waals surface area contributed by atoms with E-state index in [4.69, 9.17) is 4.74 Å². The van der Waals surface area contributed by atoms with Crippen LogP contribution in [0.4, 0.5) is 0 Å². The average molecular weight is 333 g/mol. The van der Waals surface area contributed by atoms with E-state index >= 15 is 0 Å². The largest absolute Gasteiger partial charge is 0.466 e. The van der Waals surface area contributed by atoms with Gasteiger partial charge in [0.1, 0.15) is 6.61 Å². The van der Waals surface area contributed by atoms with Crippen LogP contribution in [0.2, 0.25) is 0 Å². The fourth-order valence-electron chi connectivity index (χ4n) is 2.25. The molecular formula is C14H23NO6S. The number of carbonyl (C=O) groups excluding carboxylic acids is 2. The molecule has 0 heterocycles. The molecule has 22 heavy (non-hydrogen) atoms. The van der Waals surface area contributed by atoms with E-state index < -0.39 is 28.0 Å². The second kappa shape index (κ2) is 8.89. The number of esters is 2. The van der Waals surface area contributed by atoms with Gasteiger partial charge in [-0.25, -0.2) is 22.7 Å². The quantitative estimate of drug-likeness (QED) is 0.549. The highest BCUT2D eigenvalue weighted by Gasteiger charge is 2.28. The third kappa shape index (κ3) is 6.57. The van der Waals surface area contributed by atoms with Gasteiger partial charge in [0.15, 0.2) is 0 Å². The highest BCUT2D eigenvalue weighted by molar-refractivity contribution is 7.90. The van der Waals surface area contributed by atoms with E-state index in [1.165, 1.54) is 7.11 Å². The summed E-state index contributed by atoms with van der Waals surface area (Å²) in [5, 5.41) is -0.362. The van der Waals surface area contributed by atoms with E-state index in [1.54, 1.807) is 6.92 Å². The molecule has 0 radical (unpaired) electrons. The molecule has 7 nitrogen and oxygen atoms in total. The second-order valence-electron chi connectivity index (χ2n) is 5.31. The van der Waals surface area contributed by atoms with E-state index in [0.717, 1.165) is 31.4 Å². The summed E-state index contributed by atoms with van der Waals surface area (Å²) < 4.78 is 36.1. The van der Waals surface area contributed by atoms with Gasteiger partial charge in [-0.3, -0.25) is 0 Å². The minimum atomic E-state index is -3.39. The number of carbonyl (C=O) groups is 2. The standard InChI is InChI=1S/C14H23NO6S/c1-11(10-21-14(17)9-8-13(16)20-2)15-22(18,19)12-6-4-3-5-7-12/h8-9,11-12,15H,3-7,10H2,1-2H3/b9-8+. The van der Waals surface area contributed by atoms with Crippen LogP contribution >= 0.6 is 0 Å². The summed E-state index contributed by atoms with van der Waals surface area (Å²) >= 11 is 0. The Morgan fingerprint density at radius 3 is 2.36 bits per heavy atom. The van der Waals surface area contributed by atoms with Crippen LogP contribution in [-0.2, 0) is 29.1 Å². The first-order valence-corrected chi connectivity index (χ1v) is 8.83. The summed E-state index contributed by atoms with van der Waals surface area (Å²) in [5.74, 6) is -1.39. The number of hydrogen-bond donors (Lipinski definition) is 1. The summed E-state index contributed by atoms with van der Waals surface area (Å²) in [6.07, 6.45) is 6.15. The first-order chi connectivity index (χ1) is 10.3. The molecule has 0 spiro atoms. The van der Waals surface area contributed by atoms with Crippen LogP contribution in [0.15, 0.2) is 12.2 Å². The van der Waals surface area contributed by atoms with Crippen molar-refractivity contribution in [3.05, 3.63) is 12.2 Å². The van der Waals surface area contributed by atoms with Crippen molar-refractivity contribution < 1.29 is 27.5 Å². The smallest absolute Gasteiger partial charge is 0.331 e. The second-order valence-corrected chi connectivity index (χ2v) is 7.30. The lowest BCUT2D eigenvalue weighted by molar-refractivity contribution is -0.139. The van der Waals surface area contributed by atoms with Gasteiger partial charge in [-0.15, -0.1) is 0 Å². The molecule has 1 rings (SSSR count). The van der Waals surface area contributed by atoms with Gasteiger partial charge >= 0.3 is 11.9 Å². The zero-order valence-corrected chi connectivity index (χ0v) is 13.7. The Morgan fingerprint density at radius 1 is 1.18 bits per heavy atom. The highest BCUT2D eigenvalue weighted by Crippen LogP contribution is 2.23. The first kappa shape index (κ1) is 18.6. The van der Waals surface area contributed by atoms with Crippen LogP contribution in [0.5, 0.6) is 0 Å². The van der Waals surface area contributed by atoms with Gasteiger partial charge in [-0.2, -0.15) is 0 Å². The Balaban J connectivity index is 2.39. The number of sulfonamides is 1. The van der Waals surface area contributed by atoms with Crippen molar-refractivity contribution >= 4 is 22.0 Å². The van der Waals surface area contributed by atoms with Gasteiger partial charge in [0.05, 0.1) is 18.4 Å². The van der Waals surface area contributed by atoms with Crippen LogP contribution in [-0.4, -0.2) is 45.4 Å². The topological polar surface area (TPSA) is 98.8 Å². The monoisotopic (exact) mass is 333 g/mol. The molecule has 0 bridgehead atoms. The van der Waals surface area contributed by atoms with Gasteiger partial charge in [0, 0.05) is 12.2 Å². The van der Waals surface area contributed by atoms with E-state index in [1.807, 2.05) is 0 Å². The molecule has 0 aromatic carbocycles. The summed E-state index contributed by atoms with van der Waals surface area (Å²) in [6, 6.07) is -0.526. The maximum Gasteiger partial charge on any atom is 0.331 e. The van der Waals surface area contributed by atoms with Gasteiger partial charge in [0.2, 0.25) is 10.0 Å². The molecule has 1 unspecified atom stereocenters. The molecule has 126 valence electrons. The maximum atomic E-state index is 12.2. The fraction of sp³-hybridized carbons (Fsp3) is 0.714. The number of rotatable bonds is 7. The molecule has 0 aliphatic heterocycles. The molecule has 0 aromatic rings. The van der Waals surface area contributed by atoms with E-state index in [0.29, 0.717) is 12.8 Å². The summed E-state index contributed by atoms with van der Waals surface area (Å²) in [4.78, 5) is 22.1. The maximum absolute atomic E-state index is 12.2. The van der Waals surface area contributed by atoms with Gasteiger partial charge in [-0.05, 0) is 19.8 Å². The molecule has 1 atom stereocenters. The van der Waals surface area contributed by atoms with Gasteiger partial charge < -0.3 is 9.47 Å². The molecule has 1 N–H and O–H groups in total. The zero-order chi connectivity index (χ0) is 16.6. The van der Waals surface area contributed by atoms with Gasteiger partial charge in [0.25, 0.3) is 0 Å². The Morgan fingerprint density at radius 2 is 1.77 bits per heavy atom. The molecule has 0 amide bonds. The molecule has 1 fully saturated rings. The van der Waals surface area contributed by atoms with Crippen molar-refractivity contribution in [2.24, 2.45) is 0 Å². The number of methoxy groups -OCH3 is 1. The number of ether oxygens (including phenoxy) is 2. The van der Waals surface area contributed by atoms with Crippen LogP contribution < -0.4 is 4.72 Å². The molecule has 1 aliphatic rings. The third-order valence-electron chi connectivity index (χ3n) is 3.39. The normalized spacial score (nSPS) is 18.1. The van der Waals surface area contributed by atoms with E-state index in [2.05, 4.69) is 9.46 Å². The SMILES string of the molecule is COC(=O)/C=C/C(=O)OCC(C)NS(=O)(=O)C1CCCCC1. The number of nitrogens with one attached hydrogen (secondary N) is 1. The van der Waals surface area contributed by atoms with Crippen molar-refractivity contribution in [1.82, 2.24) is 4.72 Å². The molecule has 0 aromatic heterocycles. The fourth-order valence-corrected chi connectivity index (χ4v) is 4.02. The molecule has 1 saturated carbocycles. The van der Waals surface area contributed by atoms with Crippen LogP contribution in [0.25, 0.3) is 0 Å². The summed E-state index contributed by atoms with van der Waals surface area (Å²) in [6.45, 7) is 1.52. The lowest BCUT2D eigenvalue weighted by Gasteiger charge is -2.24. The molecular weight excluding hydrogens is 310 g/mol. The minimum Gasteiger partial charge on any atom is -0.466 e. The van der Waals surface area contributed by atoms with E-state index in [-0.39, 0.29) is 11.9 Å². The first-order valence-electron chi connectivity index (χ1n) is 7.29. The zero-order valence-electron chi connectivity index (χ0n) is 12.9.